The molecule has 0 saturated heterocycles. The monoisotopic (exact) mass is 267 g/mol. The number of benzene rings is 1. The summed E-state index contributed by atoms with van der Waals surface area (Å²) >= 11 is 0. The molecule has 2 unspecified atom stereocenters. The van der Waals surface area contributed by atoms with Gasteiger partial charge in [-0.05, 0) is 31.4 Å². The van der Waals surface area contributed by atoms with Crippen LogP contribution in [0.15, 0.2) is 18.2 Å². The fourth-order valence-electron chi connectivity index (χ4n) is 2.43. The number of carbonyl (C=O) groups excluding carboxylic acids is 1. The van der Waals surface area contributed by atoms with Gasteiger partial charge in [-0.15, -0.1) is 0 Å². The number of halogens is 1. The molecule has 5 heteroatoms. The number of methoxy groups -OCH3 is 2. The Morgan fingerprint density at radius 2 is 2.16 bits per heavy atom. The van der Waals surface area contributed by atoms with Crippen LogP contribution in [0.5, 0.6) is 5.75 Å². The van der Waals surface area contributed by atoms with Gasteiger partial charge in [-0.3, -0.25) is 4.79 Å². The van der Waals surface area contributed by atoms with Crippen LogP contribution in [0.2, 0.25) is 0 Å². The first kappa shape index (κ1) is 13.8. The summed E-state index contributed by atoms with van der Waals surface area (Å²) in [5.74, 6) is -0.595. The van der Waals surface area contributed by atoms with E-state index < -0.39 is 11.7 Å². The highest BCUT2D eigenvalue weighted by Crippen LogP contribution is 2.22. The standard InChI is InChI=1S/C14H18FNO3/c1-18-9-6-7-10(11(15)8-9)14(17)16-12-4-3-5-13(12)19-2/h6-8,12-13H,3-5H2,1-2H3,(H,16,17). The highest BCUT2D eigenvalue weighted by atomic mass is 19.1. The molecule has 0 bridgehead atoms. The summed E-state index contributed by atoms with van der Waals surface area (Å²) in [5, 5.41) is 2.83. The fraction of sp³-hybridized carbons (Fsp3) is 0.500. The molecule has 1 saturated carbocycles. The summed E-state index contributed by atoms with van der Waals surface area (Å²) < 4.78 is 24.0. The molecule has 1 aromatic rings. The van der Waals surface area contributed by atoms with E-state index in [2.05, 4.69) is 5.32 Å². The topological polar surface area (TPSA) is 47.6 Å². The van der Waals surface area contributed by atoms with Crippen molar-refractivity contribution in [3.05, 3.63) is 29.6 Å². The van der Waals surface area contributed by atoms with Crippen molar-refractivity contribution < 1.29 is 18.7 Å². The lowest BCUT2D eigenvalue weighted by molar-refractivity contribution is 0.0720. The lowest BCUT2D eigenvalue weighted by Gasteiger charge is -2.19. The number of hydrogen-bond acceptors (Lipinski definition) is 3. The van der Waals surface area contributed by atoms with E-state index in [0.29, 0.717) is 5.75 Å². The third-order valence-electron chi connectivity index (χ3n) is 3.49. The Morgan fingerprint density at radius 3 is 2.79 bits per heavy atom. The maximum absolute atomic E-state index is 13.8. The van der Waals surface area contributed by atoms with E-state index in [0.717, 1.165) is 19.3 Å². The molecule has 104 valence electrons. The lowest BCUT2D eigenvalue weighted by Crippen LogP contribution is -2.41. The molecule has 19 heavy (non-hydrogen) atoms. The third-order valence-corrected chi connectivity index (χ3v) is 3.49. The van der Waals surface area contributed by atoms with Crippen LogP contribution < -0.4 is 10.1 Å². The normalized spacial score (nSPS) is 22.3. The molecule has 0 radical (unpaired) electrons. The van der Waals surface area contributed by atoms with Crippen LogP contribution in [0.4, 0.5) is 4.39 Å². The van der Waals surface area contributed by atoms with Crippen LogP contribution in [-0.4, -0.2) is 32.3 Å². The van der Waals surface area contributed by atoms with Gasteiger partial charge in [0.25, 0.3) is 5.91 Å². The van der Waals surface area contributed by atoms with Gasteiger partial charge >= 0.3 is 0 Å². The highest BCUT2D eigenvalue weighted by molar-refractivity contribution is 5.94. The van der Waals surface area contributed by atoms with Gasteiger partial charge in [0.15, 0.2) is 0 Å². The number of amides is 1. The predicted molar refractivity (Wildman–Crippen MR) is 68.9 cm³/mol. The van der Waals surface area contributed by atoms with Crippen molar-refractivity contribution >= 4 is 5.91 Å². The van der Waals surface area contributed by atoms with Gasteiger partial charge in [-0.1, -0.05) is 0 Å². The first-order valence-corrected chi connectivity index (χ1v) is 6.33. The van der Waals surface area contributed by atoms with E-state index in [1.807, 2.05) is 0 Å². The van der Waals surface area contributed by atoms with Crippen LogP contribution in [0.25, 0.3) is 0 Å². The van der Waals surface area contributed by atoms with E-state index in [1.54, 1.807) is 13.2 Å². The minimum absolute atomic E-state index is 0.0188. The van der Waals surface area contributed by atoms with Crippen molar-refractivity contribution in [2.75, 3.05) is 14.2 Å². The average molecular weight is 267 g/mol. The summed E-state index contributed by atoms with van der Waals surface area (Å²) in [5.41, 5.74) is 0.0301. The molecule has 4 nitrogen and oxygen atoms in total. The van der Waals surface area contributed by atoms with Crippen molar-refractivity contribution in [3.8, 4) is 5.75 Å². The van der Waals surface area contributed by atoms with Crippen molar-refractivity contribution in [2.24, 2.45) is 0 Å². The summed E-state index contributed by atoms with van der Waals surface area (Å²) in [6.07, 6.45) is 2.81. The Morgan fingerprint density at radius 1 is 1.37 bits per heavy atom. The van der Waals surface area contributed by atoms with Crippen molar-refractivity contribution in [1.29, 1.82) is 0 Å². The molecule has 0 spiro atoms. The summed E-state index contributed by atoms with van der Waals surface area (Å²) in [6.45, 7) is 0. The Kier molecular flexibility index (Phi) is 4.37. The van der Waals surface area contributed by atoms with E-state index in [4.69, 9.17) is 9.47 Å². The van der Waals surface area contributed by atoms with Gasteiger partial charge in [0.2, 0.25) is 0 Å². The molecule has 1 aromatic carbocycles. The number of carbonyl (C=O) groups is 1. The van der Waals surface area contributed by atoms with Gasteiger partial charge in [-0.2, -0.15) is 0 Å². The molecule has 1 amide bonds. The van der Waals surface area contributed by atoms with E-state index in [9.17, 15) is 9.18 Å². The fourth-order valence-corrected chi connectivity index (χ4v) is 2.43. The van der Waals surface area contributed by atoms with Gasteiger partial charge < -0.3 is 14.8 Å². The van der Waals surface area contributed by atoms with Gasteiger partial charge in [0, 0.05) is 13.2 Å². The number of nitrogens with one attached hydrogen (secondary N) is 1. The average Bonchev–Trinajstić information content (AvgIpc) is 2.85. The second kappa shape index (κ2) is 6.02. The molecule has 2 atom stereocenters. The summed E-state index contributed by atoms with van der Waals surface area (Å²) in [6, 6.07) is 4.16. The zero-order valence-corrected chi connectivity index (χ0v) is 11.1. The second-order valence-electron chi connectivity index (χ2n) is 4.63. The van der Waals surface area contributed by atoms with Crippen molar-refractivity contribution in [1.82, 2.24) is 5.32 Å². The van der Waals surface area contributed by atoms with Crippen LogP contribution in [-0.2, 0) is 4.74 Å². The van der Waals surface area contributed by atoms with E-state index >= 15 is 0 Å². The molecule has 1 fully saturated rings. The number of hydrogen-bond donors (Lipinski definition) is 1. The Hall–Kier alpha value is -1.62. The third kappa shape index (κ3) is 3.04. The van der Waals surface area contributed by atoms with E-state index in [1.165, 1.54) is 19.2 Å². The smallest absolute Gasteiger partial charge is 0.254 e. The number of ether oxygens (including phenoxy) is 2. The Bertz CT molecular complexity index is 464. The lowest BCUT2D eigenvalue weighted by atomic mass is 10.1. The molecule has 0 aliphatic heterocycles. The molecule has 2 rings (SSSR count). The quantitative estimate of drug-likeness (QED) is 0.909. The summed E-state index contributed by atoms with van der Waals surface area (Å²) in [7, 11) is 3.08. The van der Waals surface area contributed by atoms with Crippen LogP contribution in [0, 0.1) is 5.82 Å². The Labute approximate surface area is 111 Å². The largest absolute Gasteiger partial charge is 0.497 e. The van der Waals surface area contributed by atoms with Crippen LogP contribution >= 0.6 is 0 Å². The molecular formula is C14H18FNO3. The molecule has 1 aliphatic rings. The van der Waals surface area contributed by atoms with Crippen LogP contribution in [0.1, 0.15) is 29.6 Å². The second-order valence-corrected chi connectivity index (χ2v) is 4.63. The molecule has 0 heterocycles. The van der Waals surface area contributed by atoms with Gasteiger partial charge in [0.05, 0.1) is 24.8 Å². The number of rotatable bonds is 4. The predicted octanol–water partition coefficient (Wildman–Crippen LogP) is 2.13. The van der Waals surface area contributed by atoms with Crippen molar-refractivity contribution in [3.63, 3.8) is 0 Å². The first-order chi connectivity index (χ1) is 9.15. The highest BCUT2D eigenvalue weighted by Gasteiger charge is 2.29. The maximum atomic E-state index is 13.8. The molecular weight excluding hydrogens is 249 g/mol. The minimum atomic E-state index is -0.580. The SMILES string of the molecule is COc1ccc(C(=O)NC2CCCC2OC)c(F)c1. The first-order valence-electron chi connectivity index (χ1n) is 6.33. The zero-order valence-electron chi connectivity index (χ0n) is 11.1. The molecule has 1 aliphatic carbocycles. The zero-order chi connectivity index (χ0) is 13.8. The van der Waals surface area contributed by atoms with Crippen LogP contribution in [0.3, 0.4) is 0 Å². The maximum Gasteiger partial charge on any atom is 0.254 e. The van der Waals surface area contributed by atoms with Gasteiger partial charge in [-0.25, -0.2) is 4.39 Å². The van der Waals surface area contributed by atoms with E-state index in [-0.39, 0.29) is 17.7 Å². The summed E-state index contributed by atoms with van der Waals surface area (Å²) in [4.78, 5) is 12.0. The minimum Gasteiger partial charge on any atom is -0.497 e. The Balaban J connectivity index is 2.07. The van der Waals surface area contributed by atoms with Crippen molar-refractivity contribution in [2.45, 2.75) is 31.4 Å². The molecule has 0 aromatic heterocycles. The molecule has 1 N–H and O–H groups in total. The van der Waals surface area contributed by atoms with Gasteiger partial charge in [0.1, 0.15) is 11.6 Å².